The molecule has 1 aromatic heterocycles. The highest BCUT2D eigenvalue weighted by Crippen LogP contribution is 2.13. The Labute approximate surface area is 109 Å². The summed E-state index contributed by atoms with van der Waals surface area (Å²) < 4.78 is 0. The lowest BCUT2D eigenvalue weighted by atomic mass is 10.2. The van der Waals surface area contributed by atoms with Crippen LogP contribution in [0.5, 0.6) is 0 Å². The molecule has 1 heterocycles. The number of likely N-dealkylation sites (N-methyl/N-ethyl adjacent to an activating group) is 1. The number of rotatable bonds is 7. The molecule has 0 saturated heterocycles. The molecule has 0 unspecified atom stereocenters. The molecule has 18 heavy (non-hydrogen) atoms. The van der Waals surface area contributed by atoms with E-state index in [0.717, 1.165) is 37.7 Å². The van der Waals surface area contributed by atoms with Crippen molar-refractivity contribution in [3.05, 3.63) is 22.2 Å². The van der Waals surface area contributed by atoms with Gasteiger partial charge in [-0.3, -0.25) is 4.79 Å². The first-order valence-electron chi connectivity index (χ1n) is 6.59. The van der Waals surface area contributed by atoms with Crippen LogP contribution in [-0.4, -0.2) is 36.6 Å². The molecule has 0 fully saturated rings. The summed E-state index contributed by atoms with van der Waals surface area (Å²) in [5.41, 5.74) is -0.0748. The van der Waals surface area contributed by atoms with E-state index in [1.54, 1.807) is 6.07 Å². The fourth-order valence-electron chi connectivity index (χ4n) is 1.76. The molecular weight excluding hydrogens is 228 g/mol. The van der Waals surface area contributed by atoms with Gasteiger partial charge in [-0.15, -0.1) is 0 Å². The summed E-state index contributed by atoms with van der Waals surface area (Å²) >= 11 is 0. The topological polar surface area (TPSA) is 61.0 Å². The minimum atomic E-state index is -0.0748. The van der Waals surface area contributed by atoms with Crippen LogP contribution >= 0.6 is 0 Å². The van der Waals surface area contributed by atoms with Gasteiger partial charge in [-0.25, -0.2) is 4.98 Å². The minimum absolute atomic E-state index is 0.0748. The lowest BCUT2D eigenvalue weighted by Crippen LogP contribution is -2.33. The van der Waals surface area contributed by atoms with E-state index < -0.39 is 0 Å². The average molecular weight is 252 g/mol. The standard InChI is InChI=1S/C13H24N4O/c1-5-7-17(8-6-14-4)11-9-12(18)16-13(15-11)10(2)3/h9-10,14H,5-8H2,1-4H3,(H,15,16,18). The van der Waals surface area contributed by atoms with Gasteiger partial charge in [0.05, 0.1) is 0 Å². The van der Waals surface area contributed by atoms with E-state index in [1.807, 2.05) is 20.9 Å². The number of nitrogens with zero attached hydrogens (tertiary/aromatic N) is 2. The van der Waals surface area contributed by atoms with Crippen molar-refractivity contribution >= 4 is 5.82 Å². The van der Waals surface area contributed by atoms with E-state index >= 15 is 0 Å². The van der Waals surface area contributed by atoms with Crippen molar-refractivity contribution in [3.63, 3.8) is 0 Å². The predicted octanol–water partition coefficient (Wildman–Crippen LogP) is 1.33. The minimum Gasteiger partial charge on any atom is -0.355 e. The number of aromatic amines is 1. The molecule has 2 N–H and O–H groups in total. The Hall–Kier alpha value is -1.36. The Morgan fingerprint density at radius 3 is 2.72 bits per heavy atom. The lowest BCUT2D eigenvalue weighted by Gasteiger charge is -2.23. The number of H-pyrrole nitrogens is 1. The molecule has 0 aliphatic carbocycles. The summed E-state index contributed by atoms with van der Waals surface area (Å²) in [5, 5.41) is 3.12. The summed E-state index contributed by atoms with van der Waals surface area (Å²) in [7, 11) is 1.93. The second-order valence-corrected chi connectivity index (χ2v) is 4.73. The van der Waals surface area contributed by atoms with Crippen LogP contribution in [0.3, 0.4) is 0 Å². The maximum atomic E-state index is 11.7. The molecule has 0 saturated carbocycles. The second-order valence-electron chi connectivity index (χ2n) is 4.73. The maximum absolute atomic E-state index is 11.7. The number of aromatic nitrogens is 2. The van der Waals surface area contributed by atoms with Crippen molar-refractivity contribution in [3.8, 4) is 0 Å². The van der Waals surface area contributed by atoms with Gasteiger partial charge in [0.15, 0.2) is 0 Å². The lowest BCUT2D eigenvalue weighted by molar-refractivity contribution is 0.689. The largest absolute Gasteiger partial charge is 0.355 e. The third-order valence-corrected chi connectivity index (χ3v) is 2.74. The van der Waals surface area contributed by atoms with Crippen LogP contribution in [0.15, 0.2) is 10.9 Å². The highest BCUT2D eigenvalue weighted by Gasteiger charge is 2.10. The number of hydrogen-bond donors (Lipinski definition) is 2. The van der Waals surface area contributed by atoms with Gasteiger partial charge in [-0.05, 0) is 13.5 Å². The van der Waals surface area contributed by atoms with Crippen LogP contribution in [0, 0.1) is 0 Å². The van der Waals surface area contributed by atoms with Crippen LogP contribution in [0.2, 0.25) is 0 Å². The Morgan fingerprint density at radius 2 is 2.17 bits per heavy atom. The SMILES string of the molecule is CCCN(CCNC)c1cc(=O)[nH]c(C(C)C)n1. The molecule has 0 aromatic carbocycles. The van der Waals surface area contributed by atoms with E-state index in [1.165, 1.54) is 0 Å². The molecule has 1 aromatic rings. The van der Waals surface area contributed by atoms with E-state index in [-0.39, 0.29) is 11.5 Å². The van der Waals surface area contributed by atoms with Crippen LogP contribution in [0.1, 0.15) is 38.9 Å². The van der Waals surface area contributed by atoms with Crippen LogP contribution in [-0.2, 0) is 0 Å². The van der Waals surface area contributed by atoms with Crippen molar-refractivity contribution in [1.82, 2.24) is 15.3 Å². The molecule has 0 aliphatic heterocycles. The Morgan fingerprint density at radius 1 is 1.44 bits per heavy atom. The van der Waals surface area contributed by atoms with Crippen LogP contribution in [0.4, 0.5) is 5.82 Å². The maximum Gasteiger partial charge on any atom is 0.252 e. The highest BCUT2D eigenvalue weighted by atomic mass is 16.1. The summed E-state index contributed by atoms with van der Waals surface area (Å²) in [6, 6.07) is 1.58. The summed E-state index contributed by atoms with van der Waals surface area (Å²) in [6.07, 6.45) is 1.04. The first-order valence-corrected chi connectivity index (χ1v) is 6.59. The predicted molar refractivity (Wildman–Crippen MR) is 75.4 cm³/mol. The fraction of sp³-hybridized carbons (Fsp3) is 0.692. The highest BCUT2D eigenvalue weighted by molar-refractivity contribution is 5.37. The Balaban J connectivity index is 2.99. The van der Waals surface area contributed by atoms with Gasteiger partial charge in [0.1, 0.15) is 11.6 Å². The van der Waals surface area contributed by atoms with E-state index in [4.69, 9.17) is 0 Å². The fourth-order valence-corrected chi connectivity index (χ4v) is 1.76. The molecule has 0 amide bonds. The number of nitrogens with one attached hydrogen (secondary N) is 2. The van der Waals surface area contributed by atoms with Gasteiger partial charge in [0, 0.05) is 31.6 Å². The number of hydrogen-bond acceptors (Lipinski definition) is 4. The van der Waals surface area contributed by atoms with Crippen LogP contribution in [0.25, 0.3) is 0 Å². The number of anilines is 1. The third kappa shape index (κ3) is 4.14. The third-order valence-electron chi connectivity index (χ3n) is 2.74. The first kappa shape index (κ1) is 14.7. The first-order chi connectivity index (χ1) is 8.58. The average Bonchev–Trinajstić information content (AvgIpc) is 2.33. The molecule has 0 atom stereocenters. The van der Waals surface area contributed by atoms with Gasteiger partial charge in [-0.1, -0.05) is 20.8 Å². The summed E-state index contributed by atoms with van der Waals surface area (Å²) in [5.74, 6) is 1.76. The zero-order valence-corrected chi connectivity index (χ0v) is 11.8. The van der Waals surface area contributed by atoms with E-state index in [9.17, 15) is 4.79 Å². The van der Waals surface area contributed by atoms with E-state index in [0.29, 0.717) is 0 Å². The van der Waals surface area contributed by atoms with Gasteiger partial charge < -0.3 is 15.2 Å². The molecule has 0 bridgehead atoms. The van der Waals surface area contributed by atoms with Crippen molar-refractivity contribution in [2.24, 2.45) is 0 Å². The van der Waals surface area contributed by atoms with Gasteiger partial charge in [-0.2, -0.15) is 0 Å². The Bertz CT molecular complexity index is 414. The summed E-state index contributed by atoms with van der Waals surface area (Å²) in [6.45, 7) is 8.84. The second kappa shape index (κ2) is 7.16. The quantitative estimate of drug-likeness (QED) is 0.768. The van der Waals surface area contributed by atoms with Crippen molar-refractivity contribution in [2.75, 3.05) is 31.6 Å². The molecule has 0 spiro atoms. The normalized spacial score (nSPS) is 10.9. The molecular formula is C13H24N4O. The van der Waals surface area contributed by atoms with Gasteiger partial charge in [0.25, 0.3) is 5.56 Å². The molecule has 5 nitrogen and oxygen atoms in total. The van der Waals surface area contributed by atoms with E-state index in [2.05, 4.69) is 27.1 Å². The van der Waals surface area contributed by atoms with Crippen molar-refractivity contribution in [2.45, 2.75) is 33.1 Å². The molecule has 5 heteroatoms. The Kier molecular flexibility index (Phi) is 5.85. The molecule has 1 rings (SSSR count). The van der Waals surface area contributed by atoms with Crippen LogP contribution < -0.4 is 15.8 Å². The van der Waals surface area contributed by atoms with Gasteiger partial charge in [0.2, 0.25) is 0 Å². The molecule has 0 aliphatic rings. The molecule has 102 valence electrons. The van der Waals surface area contributed by atoms with Crippen molar-refractivity contribution in [1.29, 1.82) is 0 Å². The molecule has 0 radical (unpaired) electrons. The zero-order valence-electron chi connectivity index (χ0n) is 11.8. The smallest absolute Gasteiger partial charge is 0.252 e. The van der Waals surface area contributed by atoms with Gasteiger partial charge >= 0.3 is 0 Å². The van der Waals surface area contributed by atoms with Crippen molar-refractivity contribution < 1.29 is 0 Å². The monoisotopic (exact) mass is 252 g/mol. The summed E-state index contributed by atoms with van der Waals surface area (Å²) in [4.78, 5) is 21.1. The zero-order chi connectivity index (χ0) is 13.5.